The van der Waals surface area contributed by atoms with Gasteiger partial charge in [-0.2, -0.15) is 0 Å². The molecule has 3 N–H and O–H groups in total. The van der Waals surface area contributed by atoms with Crippen LogP contribution in [0.2, 0.25) is 0 Å². The van der Waals surface area contributed by atoms with E-state index < -0.39 is 6.10 Å². The van der Waals surface area contributed by atoms with E-state index in [0.29, 0.717) is 6.42 Å². The Morgan fingerprint density at radius 1 is 0.812 bits per heavy atom. The van der Waals surface area contributed by atoms with Crippen LogP contribution in [0.5, 0.6) is 0 Å². The molecule has 5 nitrogen and oxygen atoms in total. The van der Waals surface area contributed by atoms with Crippen LogP contribution in [0.1, 0.15) is 104 Å². The first-order valence-corrected chi connectivity index (χ1v) is 12.6. The lowest BCUT2D eigenvalue weighted by Crippen LogP contribution is -2.21. The van der Waals surface area contributed by atoms with Crippen molar-refractivity contribution in [3.8, 4) is 0 Å². The van der Waals surface area contributed by atoms with E-state index in [0.717, 1.165) is 25.7 Å². The van der Waals surface area contributed by atoms with Crippen LogP contribution in [0.25, 0.3) is 0 Å². The number of carbonyl (C=O) groups excluding carboxylic acids is 1. The lowest BCUT2D eigenvalue weighted by molar-refractivity contribution is -0.147. The van der Waals surface area contributed by atoms with Crippen molar-refractivity contribution < 1.29 is 24.9 Å². The summed E-state index contributed by atoms with van der Waals surface area (Å²) >= 11 is 0. The summed E-state index contributed by atoms with van der Waals surface area (Å²) in [5.74, 6) is -0.287. The second kappa shape index (κ2) is 29.6. The van der Waals surface area contributed by atoms with E-state index in [1.54, 1.807) is 12.2 Å². The van der Waals surface area contributed by atoms with Gasteiger partial charge < -0.3 is 20.1 Å². The molecule has 0 radical (unpaired) electrons. The number of hydrogen-bond donors (Lipinski definition) is 3. The minimum Gasteiger partial charge on any atom is -0.463 e. The van der Waals surface area contributed by atoms with Crippen LogP contribution in [-0.4, -0.2) is 47.2 Å². The molecule has 5 heteroatoms. The number of aliphatic hydroxyl groups excluding tert-OH is 3. The molecule has 188 valence electrons. The number of hydrogen-bond acceptors (Lipinski definition) is 5. The van der Waals surface area contributed by atoms with Gasteiger partial charge >= 0.3 is 5.97 Å². The summed E-state index contributed by atoms with van der Waals surface area (Å²) in [6.07, 6.45) is 27.4. The quantitative estimate of drug-likeness (QED) is 0.0904. The zero-order chi connectivity index (χ0) is 24.1. The van der Waals surface area contributed by atoms with Crippen molar-refractivity contribution >= 4 is 5.97 Å². The Morgan fingerprint density at radius 3 is 1.91 bits per heavy atom. The standard InChI is InChI=1S/C21H40O4.C6H10O/c1-2-3-4-5-6-7-8-9-10-11-12-13-14-15-16-17-21(24)25-19-20(23)18-22;1-2-3-4-5-6-7/h9-10,20,22-23H,2-8,11-19H2,1H3;2-5,7H,6H2,1H3/b10-9-;3-2+,5-4+. The number of carbonyl (C=O) groups is 1. The van der Waals surface area contributed by atoms with E-state index in [4.69, 9.17) is 20.1 Å². The van der Waals surface area contributed by atoms with E-state index >= 15 is 0 Å². The Labute approximate surface area is 197 Å². The molecule has 0 aliphatic rings. The summed E-state index contributed by atoms with van der Waals surface area (Å²) in [4.78, 5) is 11.4. The van der Waals surface area contributed by atoms with Crippen molar-refractivity contribution in [2.45, 2.75) is 110 Å². The molecule has 0 rings (SSSR count). The first-order chi connectivity index (χ1) is 15.6. The Balaban J connectivity index is 0. The van der Waals surface area contributed by atoms with Gasteiger partial charge in [-0.3, -0.25) is 4.79 Å². The smallest absolute Gasteiger partial charge is 0.305 e. The third-order valence-corrected chi connectivity index (χ3v) is 4.84. The van der Waals surface area contributed by atoms with Crippen LogP contribution in [0.4, 0.5) is 0 Å². The molecule has 1 unspecified atom stereocenters. The molecule has 0 fully saturated rings. The minimum atomic E-state index is -0.960. The van der Waals surface area contributed by atoms with Crippen LogP contribution in [0, 0.1) is 0 Å². The summed E-state index contributed by atoms with van der Waals surface area (Å²) in [6, 6.07) is 0. The first kappa shape index (κ1) is 32.7. The predicted octanol–water partition coefficient (Wildman–Crippen LogP) is 6.03. The maximum absolute atomic E-state index is 11.4. The van der Waals surface area contributed by atoms with Gasteiger partial charge in [-0.15, -0.1) is 0 Å². The van der Waals surface area contributed by atoms with Gasteiger partial charge in [-0.05, 0) is 39.0 Å². The first-order valence-electron chi connectivity index (χ1n) is 12.6. The molecule has 0 aromatic heterocycles. The summed E-state index contributed by atoms with van der Waals surface area (Å²) in [6.45, 7) is 3.83. The van der Waals surface area contributed by atoms with Gasteiger partial charge in [0.25, 0.3) is 0 Å². The third-order valence-electron chi connectivity index (χ3n) is 4.84. The topological polar surface area (TPSA) is 87.0 Å². The fraction of sp³-hybridized carbons (Fsp3) is 0.741. The summed E-state index contributed by atoms with van der Waals surface area (Å²) < 4.78 is 4.86. The van der Waals surface area contributed by atoms with Gasteiger partial charge in [0.05, 0.1) is 13.2 Å². The van der Waals surface area contributed by atoms with Crippen molar-refractivity contribution in [2.75, 3.05) is 19.8 Å². The maximum atomic E-state index is 11.4. The van der Waals surface area contributed by atoms with Crippen molar-refractivity contribution in [2.24, 2.45) is 0 Å². The molecule has 0 aromatic carbocycles. The minimum absolute atomic E-state index is 0.111. The number of aliphatic hydroxyl groups is 3. The maximum Gasteiger partial charge on any atom is 0.305 e. The zero-order valence-electron chi connectivity index (χ0n) is 20.7. The van der Waals surface area contributed by atoms with Gasteiger partial charge in [0.2, 0.25) is 0 Å². The molecule has 1 atom stereocenters. The van der Waals surface area contributed by atoms with Gasteiger partial charge in [0, 0.05) is 6.42 Å². The summed E-state index contributed by atoms with van der Waals surface area (Å²) in [5, 5.41) is 25.9. The molecule has 0 bridgehead atoms. The lowest BCUT2D eigenvalue weighted by atomic mass is 10.1. The third kappa shape index (κ3) is 30.8. The molecular formula is C27H50O5. The van der Waals surface area contributed by atoms with Gasteiger partial charge in [-0.25, -0.2) is 0 Å². The van der Waals surface area contributed by atoms with E-state index in [1.165, 1.54) is 57.8 Å². The van der Waals surface area contributed by atoms with Crippen LogP contribution >= 0.6 is 0 Å². The molecule has 0 aliphatic carbocycles. The number of allylic oxidation sites excluding steroid dienone is 5. The Kier molecular flexibility index (Phi) is 30.3. The van der Waals surface area contributed by atoms with E-state index in [9.17, 15) is 4.79 Å². The highest BCUT2D eigenvalue weighted by Gasteiger charge is 2.07. The second-order valence-corrected chi connectivity index (χ2v) is 7.99. The van der Waals surface area contributed by atoms with E-state index in [2.05, 4.69) is 19.1 Å². The highest BCUT2D eigenvalue weighted by molar-refractivity contribution is 5.69. The van der Waals surface area contributed by atoms with Gasteiger partial charge in [-0.1, -0.05) is 94.7 Å². The highest BCUT2D eigenvalue weighted by atomic mass is 16.5. The fourth-order valence-electron chi connectivity index (χ4n) is 2.90. The highest BCUT2D eigenvalue weighted by Crippen LogP contribution is 2.10. The number of esters is 1. The molecule has 32 heavy (non-hydrogen) atoms. The van der Waals surface area contributed by atoms with Crippen molar-refractivity contribution in [3.05, 3.63) is 36.5 Å². The molecule has 0 aromatic rings. The molecular weight excluding hydrogens is 404 g/mol. The monoisotopic (exact) mass is 454 g/mol. The number of ether oxygens (including phenoxy) is 1. The molecule has 0 spiro atoms. The zero-order valence-corrected chi connectivity index (χ0v) is 20.7. The number of rotatable bonds is 20. The average Bonchev–Trinajstić information content (AvgIpc) is 2.80. The molecule has 0 aliphatic heterocycles. The van der Waals surface area contributed by atoms with E-state index in [1.807, 2.05) is 19.1 Å². The average molecular weight is 455 g/mol. The second-order valence-electron chi connectivity index (χ2n) is 7.99. The van der Waals surface area contributed by atoms with Gasteiger partial charge in [0.15, 0.2) is 0 Å². The predicted molar refractivity (Wildman–Crippen MR) is 135 cm³/mol. The van der Waals surface area contributed by atoms with Crippen LogP contribution in [0.15, 0.2) is 36.5 Å². The Bertz CT molecular complexity index is 457. The van der Waals surface area contributed by atoms with Crippen LogP contribution in [0.3, 0.4) is 0 Å². The van der Waals surface area contributed by atoms with Crippen molar-refractivity contribution in [1.29, 1.82) is 0 Å². The molecule has 0 amide bonds. The molecule has 0 saturated heterocycles. The SMILES string of the molecule is C/C=C/C=C/CO.CCCCCCCC/C=C\CCCCCCCC(=O)OCC(O)CO. The lowest BCUT2D eigenvalue weighted by Gasteiger charge is -2.08. The van der Waals surface area contributed by atoms with E-state index in [-0.39, 0.29) is 25.8 Å². The Morgan fingerprint density at radius 2 is 1.38 bits per heavy atom. The number of unbranched alkanes of at least 4 members (excludes halogenated alkanes) is 11. The largest absolute Gasteiger partial charge is 0.463 e. The van der Waals surface area contributed by atoms with Gasteiger partial charge in [0.1, 0.15) is 12.7 Å². The summed E-state index contributed by atoms with van der Waals surface area (Å²) in [7, 11) is 0. The van der Waals surface area contributed by atoms with Crippen molar-refractivity contribution in [3.63, 3.8) is 0 Å². The van der Waals surface area contributed by atoms with Crippen LogP contribution in [-0.2, 0) is 9.53 Å². The normalized spacial score (nSPS) is 12.4. The molecule has 0 saturated carbocycles. The Hall–Kier alpha value is -1.43. The fourth-order valence-corrected chi connectivity index (χ4v) is 2.90. The molecule has 0 heterocycles. The van der Waals surface area contributed by atoms with Crippen LogP contribution < -0.4 is 0 Å². The van der Waals surface area contributed by atoms with Crippen molar-refractivity contribution in [1.82, 2.24) is 0 Å². The summed E-state index contributed by atoms with van der Waals surface area (Å²) in [5.41, 5.74) is 0.